The molecule has 0 nitrogen and oxygen atoms in total. The van der Waals surface area contributed by atoms with E-state index in [2.05, 4.69) is 146 Å². The summed E-state index contributed by atoms with van der Waals surface area (Å²) in [7, 11) is 0. The zero-order valence-corrected chi connectivity index (χ0v) is 28.1. The molecule has 38 heavy (non-hydrogen) atoms. The van der Waals surface area contributed by atoms with E-state index >= 15 is 0 Å². The summed E-state index contributed by atoms with van der Waals surface area (Å²) in [6.45, 7) is 9.62. The standard InChI is InChI=1S/2C16H13.C2H6Si.2CH3.Hf/c2*1-12-5-2-8-14(11-12)16-10-4-7-13-6-3-9-15(13)16;1-3-2;;;/h2*2-11H,1H3;1-2H3;2*1H3;. The van der Waals surface area contributed by atoms with Crippen LogP contribution in [0.2, 0.25) is 22.5 Å². The molecule has 0 spiro atoms. The van der Waals surface area contributed by atoms with Gasteiger partial charge in [-0.25, -0.2) is 0 Å². The Labute approximate surface area is 229 Å². The number of hydrogen-bond acceptors (Lipinski definition) is 0. The first-order valence-electron chi connectivity index (χ1n) is 13.9. The van der Waals surface area contributed by atoms with Gasteiger partial charge in [-0.05, 0) is 0 Å². The molecule has 4 aromatic rings. The zero-order valence-electron chi connectivity index (χ0n) is 23.5. The second-order valence-corrected chi connectivity index (χ2v) is 61.6. The second kappa shape index (κ2) is 9.28. The summed E-state index contributed by atoms with van der Waals surface area (Å²) in [5.41, 5.74) is 13.6. The van der Waals surface area contributed by atoms with Crippen molar-refractivity contribution in [1.29, 1.82) is 0 Å². The first-order valence-corrected chi connectivity index (χ1v) is 33.2. The van der Waals surface area contributed by atoms with E-state index in [0.717, 1.165) is 0 Å². The molecule has 2 atom stereocenters. The Bertz CT molecular complexity index is 1610. The van der Waals surface area contributed by atoms with Crippen molar-refractivity contribution < 1.29 is 17.1 Å². The number of rotatable bonds is 4. The maximum absolute atomic E-state index is 3.65. The van der Waals surface area contributed by atoms with Crippen LogP contribution in [0.1, 0.15) is 40.7 Å². The predicted octanol–water partition coefficient (Wildman–Crippen LogP) is 10.5. The topological polar surface area (TPSA) is 0 Å². The summed E-state index contributed by atoms with van der Waals surface area (Å²) < 4.78 is 6.74. The van der Waals surface area contributed by atoms with Crippen molar-refractivity contribution in [1.82, 2.24) is 0 Å². The fourth-order valence-electron chi connectivity index (χ4n) is 7.17. The fourth-order valence-corrected chi connectivity index (χ4v) is 41.0. The molecule has 0 aromatic heterocycles. The van der Waals surface area contributed by atoms with Crippen LogP contribution in [0.25, 0.3) is 34.4 Å². The van der Waals surface area contributed by atoms with Crippen molar-refractivity contribution in [2.24, 2.45) is 0 Å². The average Bonchev–Trinajstić information content (AvgIpc) is 3.54. The molecule has 0 heterocycles. The summed E-state index contributed by atoms with van der Waals surface area (Å²) in [5, 5.41) is 0. The molecular formula is C36H38HfSi. The van der Waals surface area contributed by atoms with Crippen molar-refractivity contribution in [3.05, 3.63) is 130 Å². The number of fused-ring (bicyclic) bond motifs is 2. The molecule has 2 heteroatoms. The van der Waals surface area contributed by atoms with Gasteiger partial charge >= 0.3 is 231 Å². The molecule has 0 bridgehead atoms. The molecule has 0 N–H and O–H groups in total. The minimum absolute atomic E-state index is 0.568. The molecule has 0 saturated heterocycles. The molecule has 2 aliphatic carbocycles. The van der Waals surface area contributed by atoms with Gasteiger partial charge in [0.2, 0.25) is 0 Å². The molecule has 6 rings (SSSR count). The van der Waals surface area contributed by atoms with Crippen LogP contribution in [-0.4, -0.2) is 5.49 Å². The third-order valence-electron chi connectivity index (χ3n) is 10.0. The Morgan fingerprint density at radius 2 is 1.00 bits per heavy atom. The van der Waals surface area contributed by atoms with Crippen LogP contribution >= 0.6 is 0 Å². The molecule has 2 aliphatic rings. The fraction of sp³-hybridized carbons (Fsp3) is 0.222. The van der Waals surface area contributed by atoms with Gasteiger partial charge in [0, 0.05) is 0 Å². The van der Waals surface area contributed by atoms with Crippen LogP contribution in [-0.2, 0) is 17.1 Å². The van der Waals surface area contributed by atoms with Crippen molar-refractivity contribution in [3.8, 4) is 22.3 Å². The molecular weight excluding hydrogens is 639 g/mol. The van der Waals surface area contributed by atoms with Crippen LogP contribution in [0.3, 0.4) is 0 Å². The van der Waals surface area contributed by atoms with E-state index < -0.39 is 22.6 Å². The third kappa shape index (κ3) is 3.87. The van der Waals surface area contributed by atoms with Gasteiger partial charge in [0.25, 0.3) is 0 Å². The Morgan fingerprint density at radius 1 is 0.579 bits per heavy atom. The van der Waals surface area contributed by atoms with E-state index in [0.29, 0.717) is 7.35 Å². The van der Waals surface area contributed by atoms with Crippen LogP contribution < -0.4 is 0 Å². The van der Waals surface area contributed by atoms with Gasteiger partial charge in [0.05, 0.1) is 0 Å². The molecule has 4 aromatic carbocycles. The zero-order chi connectivity index (χ0) is 26.7. The normalized spacial score (nSPS) is 18.0. The van der Waals surface area contributed by atoms with Crippen molar-refractivity contribution in [2.45, 2.75) is 43.7 Å². The van der Waals surface area contributed by atoms with Crippen molar-refractivity contribution >= 4 is 17.6 Å². The SMILES string of the molecule is Cc1cccc(-c2cccc3c2C=C[CH]3[Hf]([CH3])([CH3])([CH]2C=Cc3c(-c4cccc(C)c4)cccc32)=[Si](C)C)c1. The minimum atomic E-state index is -3.65. The first kappa shape index (κ1) is 25.7. The van der Waals surface area contributed by atoms with Crippen molar-refractivity contribution in [3.63, 3.8) is 0 Å². The van der Waals surface area contributed by atoms with E-state index in [1.807, 2.05) is 0 Å². The Hall–Kier alpha value is -2.55. The number of allylic oxidation sites excluding steroid dienone is 2. The average molecular weight is 677 g/mol. The first-order chi connectivity index (χ1) is 18.2. The monoisotopic (exact) mass is 678 g/mol. The Kier molecular flexibility index (Phi) is 6.28. The second-order valence-electron chi connectivity index (χ2n) is 12.6. The third-order valence-corrected chi connectivity index (χ3v) is 69.6. The van der Waals surface area contributed by atoms with Crippen LogP contribution in [0.15, 0.2) is 97.1 Å². The van der Waals surface area contributed by atoms with Gasteiger partial charge in [-0.3, -0.25) is 0 Å². The van der Waals surface area contributed by atoms with Gasteiger partial charge in [-0.15, -0.1) is 0 Å². The summed E-state index contributed by atoms with van der Waals surface area (Å²) in [6.07, 6.45) is 10.2. The molecule has 0 amide bonds. The van der Waals surface area contributed by atoms with Crippen LogP contribution in [0, 0.1) is 13.8 Å². The Morgan fingerprint density at radius 3 is 1.39 bits per heavy atom. The molecule has 0 radical (unpaired) electrons. The number of hydrogen-bond donors (Lipinski definition) is 0. The quantitative estimate of drug-likeness (QED) is 0.189. The van der Waals surface area contributed by atoms with Gasteiger partial charge in [-0.1, -0.05) is 0 Å². The maximum atomic E-state index is 2.80. The molecule has 0 fully saturated rings. The molecule has 2 unspecified atom stereocenters. The van der Waals surface area contributed by atoms with E-state index in [1.165, 1.54) is 44.5 Å². The van der Waals surface area contributed by atoms with Crippen LogP contribution in [0.5, 0.6) is 0 Å². The van der Waals surface area contributed by atoms with Gasteiger partial charge in [0.1, 0.15) is 0 Å². The van der Waals surface area contributed by atoms with E-state index in [-0.39, 0.29) is 0 Å². The summed E-state index contributed by atoms with van der Waals surface area (Å²) in [5.74, 6) is 0. The molecule has 0 saturated carbocycles. The number of aryl methyl sites for hydroxylation is 2. The van der Waals surface area contributed by atoms with Crippen molar-refractivity contribution in [2.75, 3.05) is 0 Å². The summed E-state index contributed by atoms with van der Waals surface area (Å²) in [6, 6.07) is 32.1. The van der Waals surface area contributed by atoms with E-state index in [4.69, 9.17) is 0 Å². The summed E-state index contributed by atoms with van der Waals surface area (Å²) in [4.78, 5) is 0. The van der Waals surface area contributed by atoms with Gasteiger partial charge in [-0.2, -0.15) is 0 Å². The van der Waals surface area contributed by atoms with E-state index in [1.54, 1.807) is 11.1 Å². The van der Waals surface area contributed by atoms with E-state index in [9.17, 15) is 0 Å². The Balaban J connectivity index is 1.51. The molecule has 0 aliphatic heterocycles. The molecule has 190 valence electrons. The van der Waals surface area contributed by atoms with Gasteiger partial charge < -0.3 is 0 Å². The van der Waals surface area contributed by atoms with Crippen LogP contribution in [0.4, 0.5) is 0 Å². The number of benzene rings is 4. The predicted molar refractivity (Wildman–Crippen MR) is 166 cm³/mol. The summed E-state index contributed by atoms with van der Waals surface area (Å²) >= 11 is -3.65. The van der Waals surface area contributed by atoms with Gasteiger partial charge in [0.15, 0.2) is 0 Å².